The molecule has 30 heavy (non-hydrogen) atoms. The molecule has 0 amide bonds. The van der Waals surface area contributed by atoms with Crippen LogP contribution in [0.1, 0.15) is 0 Å². The molecule has 1 unspecified atom stereocenters. The van der Waals surface area contributed by atoms with Crippen molar-refractivity contribution in [1.29, 1.82) is 0 Å². The number of aromatic nitrogens is 4. The largest absolute Gasteiger partial charge is 0.491 e. The number of hydrogen-bond donors (Lipinski definition) is 1. The van der Waals surface area contributed by atoms with Gasteiger partial charge in [0.25, 0.3) is 5.56 Å². The van der Waals surface area contributed by atoms with Crippen molar-refractivity contribution in [3.8, 4) is 23.1 Å². The van der Waals surface area contributed by atoms with E-state index in [0.717, 1.165) is 5.75 Å². The third kappa shape index (κ3) is 4.92. The Kier molecular flexibility index (Phi) is 5.86. The fraction of sp³-hybridized carbons (Fsp3) is 0.136. The van der Waals surface area contributed by atoms with E-state index in [4.69, 9.17) is 9.47 Å². The Morgan fingerprint density at radius 1 is 0.933 bits per heavy atom. The lowest BCUT2D eigenvalue weighted by molar-refractivity contribution is 0.0879. The van der Waals surface area contributed by atoms with Gasteiger partial charge in [0.2, 0.25) is 0 Å². The van der Waals surface area contributed by atoms with E-state index in [0.29, 0.717) is 17.3 Å². The lowest BCUT2D eigenvalue weighted by Gasteiger charge is -2.14. The van der Waals surface area contributed by atoms with E-state index in [2.05, 4.69) is 10.1 Å². The Morgan fingerprint density at radius 3 is 2.40 bits per heavy atom. The van der Waals surface area contributed by atoms with Crippen molar-refractivity contribution in [2.45, 2.75) is 12.6 Å². The second kappa shape index (κ2) is 9.06. The molecule has 2 heterocycles. The van der Waals surface area contributed by atoms with Crippen LogP contribution in [0.2, 0.25) is 0 Å². The third-order valence-electron chi connectivity index (χ3n) is 4.25. The topological polar surface area (TPSA) is 91.4 Å². The summed E-state index contributed by atoms with van der Waals surface area (Å²) >= 11 is 0. The quantitative estimate of drug-likeness (QED) is 0.486. The molecule has 0 spiro atoms. The summed E-state index contributed by atoms with van der Waals surface area (Å²) in [6, 6.07) is 19.6. The normalized spacial score (nSPS) is 11.8. The van der Waals surface area contributed by atoms with Crippen molar-refractivity contribution in [1.82, 2.24) is 19.3 Å². The van der Waals surface area contributed by atoms with Crippen LogP contribution < -0.4 is 15.0 Å². The summed E-state index contributed by atoms with van der Waals surface area (Å²) in [6.45, 7) is 0.0267. The number of imidazole rings is 1. The van der Waals surface area contributed by atoms with Crippen molar-refractivity contribution in [2.24, 2.45) is 0 Å². The number of ether oxygens (including phenoxy) is 2. The molecule has 0 saturated heterocycles. The summed E-state index contributed by atoms with van der Waals surface area (Å²) in [6.07, 6.45) is 4.02. The molecule has 0 aliphatic heterocycles. The van der Waals surface area contributed by atoms with Gasteiger partial charge in [-0.15, -0.1) is 0 Å². The molecule has 0 aliphatic carbocycles. The fourth-order valence-electron chi connectivity index (χ4n) is 2.77. The summed E-state index contributed by atoms with van der Waals surface area (Å²) in [5, 5.41) is 14.5. The average molecular weight is 404 g/mol. The first-order valence-corrected chi connectivity index (χ1v) is 9.38. The minimum atomic E-state index is -0.909. The minimum Gasteiger partial charge on any atom is -0.491 e. The predicted octanol–water partition coefficient (Wildman–Crippen LogP) is 2.66. The maximum Gasteiger partial charge on any atom is 0.266 e. The van der Waals surface area contributed by atoms with Gasteiger partial charge < -0.3 is 14.6 Å². The van der Waals surface area contributed by atoms with Crippen LogP contribution in [-0.2, 0) is 6.54 Å². The molecule has 0 saturated carbocycles. The average Bonchev–Trinajstić information content (AvgIpc) is 3.31. The van der Waals surface area contributed by atoms with E-state index < -0.39 is 6.10 Å². The van der Waals surface area contributed by atoms with Crippen LogP contribution in [-0.4, -0.2) is 37.1 Å². The Morgan fingerprint density at radius 2 is 1.67 bits per heavy atom. The molecule has 0 radical (unpaired) electrons. The lowest BCUT2D eigenvalue weighted by atomic mass is 10.3. The zero-order chi connectivity index (χ0) is 20.8. The van der Waals surface area contributed by atoms with E-state index in [1.165, 1.54) is 10.7 Å². The summed E-state index contributed by atoms with van der Waals surface area (Å²) in [7, 11) is 0. The molecule has 8 heteroatoms. The van der Waals surface area contributed by atoms with Gasteiger partial charge in [-0.1, -0.05) is 18.2 Å². The van der Waals surface area contributed by atoms with E-state index in [9.17, 15) is 9.90 Å². The van der Waals surface area contributed by atoms with Gasteiger partial charge in [-0.3, -0.25) is 9.36 Å². The Labute approximate surface area is 172 Å². The molecule has 8 nitrogen and oxygen atoms in total. The lowest BCUT2D eigenvalue weighted by Crippen LogP contribution is -2.32. The van der Waals surface area contributed by atoms with Crippen molar-refractivity contribution >= 4 is 0 Å². The van der Waals surface area contributed by atoms with Crippen molar-refractivity contribution < 1.29 is 14.6 Å². The molecule has 2 aromatic heterocycles. The standard InChI is InChI=1S/C22H20N4O4/c27-17(14-26-22(28)11-10-21(24-26)25-13-12-23-16-25)15-29-18-6-8-20(9-7-18)30-19-4-2-1-3-5-19/h1-13,16-17,27H,14-15H2. The first kappa shape index (κ1) is 19.4. The number of rotatable bonds is 8. The van der Waals surface area contributed by atoms with Crippen LogP contribution in [0.3, 0.4) is 0 Å². The smallest absolute Gasteiger partial charge is 0.266 e. The van der Waals surface area contributed by atoms with Crippen LogP contribution in [0.5, 0.6) is 17.2 Å². The third-order valence-corrected chi connectivity index (χ3v) is 4.25. The van der Waals surface area contributed by atoms with Crippen molar-refractivity contribution in [3.05, 3.63) is 95.8 Å². The van der Waals surface area contributed by atoms with Gasteiger partial charge in [0.05, 0.1) is 6.54 Å². The summed E-state index contributed by atoms with van der Waals surface area (Å²) in [4.78, 5) is 16.0. The number of hydrogen-bond acceptors (Lipinski definition) is 6. The van der Waals surface area contributed by atoms with Crippen LogP contribution in [0.15, 0.2) is 90.2 Å². The number of nitrogens with zero attached hydrogens (tertiary/aromatic N) is 4. The van der Waals surface area contributed by atoms with E-state index in [1.54, 1.807) is 53.6 Å². The van der Waals surface area contributed by atoms with Gasteiger partial charge in [0.1, 0.15) is 36.3 Å². The molecule has 1 N–H and O–H groups in total. The zero-order valence-electron chi connectivity index (χ0n) is 16.0. The molecule has 152 valence electrons. The number of benzene rings is 2. The molecule has 1 atom stereocenters. The van der Waals surface area contributed by atoms with Crippen LogP contribution >= 0.6 is 0 Å². The fourth-order valence-corrected chi connectivity index (χ4v) is 2.77. The second-order valence-corrected chi connectivity index (χ2v) is 6.53. The molecule has 0 bridgehead atoms. The van der Waals surface area contributed by atoms with Crippen LogP contribution in [0, 0.1) is 0 Å². The number of para-hydroxylation sites is 1. The summed E-state index contributed by atoms with van der Waals surface area (Å²) in [5.74, 6) is 2.55. The Hall–Kier alpha value is -3.91. The van der Waals surface area contributed by atoms with Crippen molar-refractivity contribution in [2.75, 3.05) is 6.61 Å². The van der Waals surface area contributed by atoms with Gasteiger partial charge in [-0.2, -0.15) is 5.10 Å². The Bertz CT molecular complexity index is 1130. The number of aliphatic hydroxyl groups excluding tert-OH is 1. The second-order valence-electron chi connectivity index (χ2n) is 6.53. The van der Waals surface area contributed by atoms with Gasteiger partial charge in [-0.05, 0) is 42.5 Å². The Balaban J connectivity index is 1.33. The predicted molar refractivity (Wildman–Crippen MR) is 110 cm³/mol. The minimum absolute atomic E-state index is 0.0105. The highest BCUT2D eigenvalue weighted by molar-refractivity contribution is 5.35. The highest BCUT2D eigenvalue weighted by atomic mass is 16.5. The van der Waals surface area contributed by atoms with E-state index in [1.807, 2.05) is 30.3 Å². The van der Waals surface area contributed by atoms with Gasteiger partial charge in [-0.25, -0.2) is 9.67 Å². The summed E-state index contributed by atoms with van der Waals surface area (Å²) < 4.78 is 14.2. The highest BCUT2D eigenvalue weighted by Gasteiger charge is 2.10. The van der Waals surface area contributed by atoms with Gasteiger partial charge >= 0.3 is 0 Å². The monoisotopic (exact) mass is 404 g/mol. The maximum absolute atomic E-state index is 12.0. The van der Waals surface area contributed by atoms with Crippen molar-refractivity contribution in [3.63, 3.8) is 0 Å². The SMILES string of the molecule is O=c1ccc(-n2ccnc2)nn1CC(O)COc1ccc(Oc2ccccc2)cc1. The molecule has 0 fully saturated rings. The molecular weight excluding hydrogens is 384 g/mol. The van der Waals surface area contributed by atoms with Gasteiger partial charge in [0, 0.05) is 18.5 Å². The van der Waals surface area contributed by atoms with Crippen LogP contribution in [0.4, 0.5) is 0 Å². The van der Waals surface area contributed by atoms with Crippen LogP contribution in [0.25, 0.3) is 5.82 Å². The molecular formula is C22H20N4O4. The molecule has 0 aliphatic rings. The molecule has 2 aromatic carbocycles. The van der Waals surface area contributed by atoms with E-state index in [-0.39, 0.29) is 18.7 Å². The van der Waals surface area contributed by atoms with Gasteiger partial charge in [0.15, 0.2) is 5.82 Å². The maximum atomic E-state index is 12.0. The molecule has 4 rings (SSSR count). The summed E-state index contributed by atoms with van der Waals surface area (Å²) in [5.41, 5.74) is -0.305. The van der Waals surface area contributed by atoms with E-state index >= 15 is 0 Å². The highest BCUT2D eigenvalue weighted by Crippen LogP contribution is 2.23. The zero-order valence-corrected chi connectivity index (χ0v) is 16.0. The molecule has 4 aromatic rings. The first-order valence-electron chi connectivity index (χ1n) is 9.38. The first-order chi connectivity index (χ1) is 14.7. The number of aliphatic hydroxyl groups is 1.